The molecule has 0 aliphatic carbocycles. The average molecular weight is 452 g/mol. The quantitative estimate of drug-likeness (QED) is 0.398. The largest absolute Gasteiger partial charge is 0.312 e. The normalized spacial score (nSPS) is 10.9. The third kappa shape index (κ3) is 4.21. The summed E-state index contributed by atoms with van der Waals surface area (Å²) in [6.07, 6.45) is 4.87. The molecule has 0 aliphatic heterocycles. The minimum atomic E-state index is -0.337. The smallest absolute Gasteiger partial charge is 0.260 e. The maximum Gasteiger partial charge on any atom is 0.260 e. The van der Waals surface area contributed by atoms with E-state index in [1.807, 2.05) is 60.0 Å². The average Bonchev–Trinajstić information content (AvgIpc) is 3.44. The van der Waals surface area contributed by atoms with Gasteiger partial charge >= 0.3 is 0 Å². The van der Waals surface area contributed by atoms with Crippen LogP contribution in [0.15, 0.2) is 91.5 Å². The van der Waals surface area contributed by atoms with E-state index in [0.717, 1.165) is 5.56 Å². The van der Waals surface area contributed by atoms with E-state index >= 15 is 0 Å². The molecule has 3 aromatic heterocycles. The zero-order chi connectivity index (χ0) is 23.5. The summed E-state index contributed by atoms with van der Waals surface area (Å²) in [5, 5.41) is 7.35. The Morgan fingerprint density at radius 3 is 2.47 bits per heavy atom. The van der Waals surface area contributed by atoms with Gasteiger partial charge in [0.15, 0.2) is 5.82 Å². The lowest BCUT2D eigenvalue weighted by atomic mass is 10.1. The fourth-order valence-corrected chi connectivity index (χ4v) is 3.75. The minimum absolute atomic E-state index is 0.321. The van der Waals surface area contributed by atoms with Gasteiger partial charge in [0.1, 0.15) is 17.3 Å². The third-order valence-corrected chi connectivity index (χ3v) is 5.50. The van der Waals surface area contributed by atoms with Gasteiger partial charge in [0, 0.05) is 11.8 Å². The predicted octanol–water partition coefficient (Wildman–Crippen LogP) is 4.88. The van der Waals surface area contributed by atoms with E-state index in [0.29, 0.717) is 40.7 Å². The molecule has 0 aliphatic rings. The van der Waals surface area contributed by atoms with Crippen molar-refractivity contribution in [3.8, 4) is 17.1 Å². The molecule has 8 heteroatoms. The van der Waals surface area contributed by atoms with Gasteiger partial charge in [0.25, 0.3) is 5.91 Å². The van der Waals surface area contributed by atoms with Crippen molar-refractivity contribution >= 4 is 11.7 Å². The Morgan fingerprint density at radius 1 is 0.971 bits per heavy atom. The number of nitrogens with zero attached hydrogens (tertiary/aromatic N) is 5. The molecule has 5 aromatic rings. The van der Waals surface area contributed by atoms with Crippen molar-refractivity contribution in [2.45, 2.75) is 13.5 Å². The first-order valence-electron chi connectivity index (χ1n) is 10.7. The van der Waals surface area contributed by atoms with Crippen LogP contribution in [0.5, 0.6) is 0 Å². The Kier molecular flexibility index (Phi) is 5.70. The number of rotatable bonds is 6. The molecule has 3 heterocycles. The number of imidazole rings is 1. The molecule has 0 spiro atoms. The number of pyridine rings is 1. The molecule has 0 fully saturated rings. The lowest BCUT2D eigenvalue weighted by molar-refractivity contribution is 0.102. The highest BCUT2D eigenvalue weighted by Gasteiger charge is 2.20. The molecular formula is C26H21FN6O. The summed E-state index contributed by atoms with van der Waals surface area (Å²) in [5.74, 6) is 0.485. The lowest BCUT2D eigenvalue weighted by Gasteiger charge is -2.12. The summed E-state index contributed by atoms with van der Waals surface area (Å²) in [4.78, 5) is 22.2. The summed E-state index contributed by atoms with van der Waals surface area (Å²) in [7, 11) is 0. The predicted molar refractivity (Wildman–Crippen MR) is 127 cm³/mol. The zero-order valence-corrected chi connectivity index (χ0v) is 18.4. The highest BCUT2D eigenvalue weighted by molar-refractivity contribution is 6.06. The van der Waals surface area contributed by atoms with Gasteiger partial charge < -0.3 is 9.88 Å². The van der Waals surface area contributed by atoms with E-state index in [2.05, 4.69) is 20.4 Å². The van der Waals surface area contributed by atoms with E-state index in [1.54, 1.807) is 29.3 Å². The van der Waals surface area contributed by atoms with Gasteiger partial charge in [-0.15, -0.1) is 0 Å². The molecule has 168 valence electrons. The van der Waals surface area contributed by atoms with Gasteiger partial charge in [0.2, 0.25) is 0 Å². The van der Waals surface area contributed by atoms with Gasteiger partial charge in [-0.25, -0.2) is 19.0 Å². The van der Waals surface area contributed by atoms with Crippen molar-refractivity contribution in [2.24, 2.45) is 0 Å². The van der Waals surface area contributed by atoms with Gasteiger partial charge in [-0.2, -0.15) is 5.10 Å². The van der Waals surface area contributed by atoms with E-state index in [9.17, 15) is 9.18 Å². The molecule has 5 rings (SSSR count). The Balaban J connectivity index is 1.50. The van der Waals surface area contributed by atoms with Crippen LogP contribution in [0.25, 0.3) is 17.1 Å². The Morgan fingerprint density at radius 2 is 1.74 bits per heavy atom. The van der Waals surface area contributed by atoms with E-state index < -0.39 is 0 Å². The van der Waals surface area contributed by atoms with Crippen LogP contribution in [0.4, 0.5) is 10.2 Å². The third-order valence-electron chi connectivity index (χ3n) is 5.50. The fourth-order valence-electron chi connectivity index (χ4n) is 3.75. The SMILES string of the molecule is Cc1c(C(=O)Nc2c(-c3ccc(F)cc3)ncn2Cc2ccccc2)cnn1-c1ccccn1. The summed E-state index contributed by atoms with van der Waals surface area (Å²) in [6, 6.07) is 21.4. The first-order chi connectivity index (χ1) is 16.6. The van der Waals surface area contributed by atoms with Crippen LogP contribution in [-0.2, 0) is 6.54 Å². The summed E-state index contributed by atoms with van der Waals surface area (Å²) >= 11 is 0. The van der Waals surface area contributed by atoms with Gasteiger partial charge in [-0.05, 0) is 48.9 Å². The molecule has 7 nitrogen and oxygen atoms in total. The molecule has 2 aromatic carbocycles. The maximum atomic E-state index is 13.5. The first-order valence-corrected chi connectivity index (χ1v) is 10.7. The lowest BCUT2D eigenvalue weighted by Crippen LogP contribution is -2.17. The second kappa shape index (κ2) is 9.11. The number of hydrogen-bond donors (Lipinski definition) is 1. The van der Waals surface area contributed by atoms with Crippen molar-refractivity contribution in [2.75, 3.05) is 5.32 Å². The molecule has 0 bridgehead atoms. The van der Waals surface area contributed by atoms with Crippen LogP contribution >= 0.6 is 0 Å². The van der Waals surface area contributed by atoms with Crippen molar-refractivity contribution in [1.82, 2.24) is 24.3 Å². The second-order valence-corrected chi connectivity index (χ2v) is 7.76. The molecular weight excluding hydrogens is 431 g/mol. The minimum Gasteiger partial charge on any atom is -0.312 e. The maximum absolute atomic E-state index is 13.5. The molecule has 0 atom stereocenters. The summed E-state index contributed by atoms with van der Waals surface area (Å²) in [6.45, 7) is 2.33. The highest BCUT2D eigenvalue weighted by atomic mass is 19.1. The summed E-state index contributed by atoms with van der Waals surface area (Å²) in [5.41, 5.74) is 3.39. The molecule has 34 heavy (non-hydrogen) atoms. The van der Waals surface area contributed by atoms with Crippen LogP contribution in [-0.4, -0.2) is 30.2 Å². The molecule has 0 radical (unpaired) electrons. The van der Waals surface area contributed by atoms with Crippen LogP contribution in [0.2, 0.25) is 0 Å². The number of hydrogen-bond acceptors (Lipinski definition) is 4. The molecule has 1 N–H and O–H groups in total. The van der Waals surface area contributed by atoms with Crippen LogP contribution < -0.4 is 5.32 Å². The van der Waals surface area contributed by atoms with Crippen LogP contribution in [0.3, 0.4) is 0 Å². The topological polar surface area (TPSA) is 77.6 Å². The number of benzene rings is 2. The van der Waals surface area contributed by atoms with Crippen molar-refractivity contribution in [3.63, 3.8) is 0 Å². The van der Waals surface area contributed by atoms with Crippen molar-refractivity contribution in [1.29, 1.82) is 0 Å². The highest BCUT2D eigenvalue weighted by Crippen LogP contribution is 2.28. The number of aromatic nitrogens is 5. The number of carbonyl (C=O) groups excluding carboxylic acids is 1. The summed E-state index contributed by atoms with van der Waals surface area (Å²) < 4.78 is 17.0. The van der Waals surface area contributed by atoms with Crippen molar-refractivity contribution < 1.29 is 9.18 Å². The molecule has 1 amide bonds. The number of anilines is 1. The van der Waals surface area contributed by atoms with Gasteiger partial charge in [-0.1, -0.05) is 36.4 Å². The first kappa shape index (κ1) is 21.3. The van der Waals surface area contributed by atoms with Crippen LogP contribution in [0.1, 0.15) is 21.6 Å². The molecule has 0 unspecified atom stereocenters. The van der Waals surface area contributed by atoms with Gasteiger partial charge in [0.05, 0.1) is 30.3 Å². The second-order valence-electron chi connectivity index (χ2n) is 7.76. The van der Waals surface area contributed by atoms with E-state index in [1.165, 1.54) is 18.3 Å². The number of nitrogens with one attached hydrogen (secondary N) is 1. The number of halogens is 1. The molecule has 0 saturated carbocycles. The number of carbonyl (C=O) groups is 1. The van der Waals surface area contributed by atoms with E-state index in [4.69, 9.17) is 0 Å². The Labute approximate surface area is 195 Å². The Bertz CT molecular complexity index is 1430. The van der Waals surface area contributed by atoms with Gasteiger partial charge in [-0.3, -0.25) is 4.79 Å². The number of amides is 1. The molecule has 0 saturated heterocycles. The standard InChI is InChI=1S/C26H21FN6O/c1-18-22(15-30-33(18)23-9-5-6-14-28-23)26(34)31-25-24(20-10-12-21(27)13-11-20)29-17-32(25)16-19-7-3-2-4-8-19/h2-15,17H,16H2,1H3,(H,31,34). The van der Waals surface area contributed by atoms with Crippen LogP contribution in [0, 0.1) is 12.7 Å². The zero-order valence-electron chi connectivity index (χ0n) is 18.4. The fraction of sp³-hybridized carbons (Fsp3) is 0.0769. The Hall–Kier alpha value is -4.59. The van der Waals surface area contributed by atoms with E-state index in [-0.39, 0.29) is 11.7 Å². The van der Waals surface area contributed by atoms with Crippen molar-refractivity contribution in [3.05, 3.63) is 114 Å². The monoisotopic (exact) mass is 452 g/mol.